The summed E-state index contributed by atoms with van der Waals surface area (Å²) in [5.41, 5.74) is 0.520. The average Bonchev–Trinajstić information content (AvgIpc) is 2.09. The molecule has 0 unspecified atom stereocenters. The van der Waals surface area contributed by atoms with Crippen molar-refractivity contribution in [1.29, 1.82) is 0 Å². The van der Waals surface area contributed by atoms with Gasteiger partial charge in [-0.15, -0.1) is 0 Å². The number of aliphatic hydroxyl groups is 1. The fraction of sp³-hybridized carbons (Fsp3) is 0.222. The van der Waals surface area contributed by atoms with Crippen molar-refractivity contribution < 1.29 is 15.3 Å². The summed E-state index contributed by atoms with van der Waals surface area (Å²) in [6.07, 6.45) is 1.45. The van der Waals surface area contributed by atoms with Crippen molar-refractivity contribution in [3.05, 3.63) is 23.8 Å². The Morgan fingerprint density at radius 1 is 1.31 bits per heavy atom. The number of rotatable bonds is 3. The molecule has 0 radical (unpaired) electrons. The lowest BCUT2D eigenvalue weighted by Crippen LogP contribution is -1.89. The Hall–Kier alpha value is -1.55. The molecule has 3 N–H and O–H groups in total. The van der Waals surface area contributed by atoms with Gasteiger partial charge in [-0.1, -0.05) is 0 Å². The van der Waals surface area contributed by atoms with Gasteiger partial charge in [0.2, 0.25) is 0 Å². The van der Waals surface area contributed by atoms with Gasteiger partial charge in [-0.2, -0.15) is 0 Å². The van der Waals surface area contributed by atoms with E-state index in [1.165, 1.54) is 18.3 Å². The van der Waals surface area contributed by atoms with Gasteiger partial charge >= 0.3 is 0 Å². The predicted octanol–water partition coefficient (Wildman–Crippen LogP) is 0.509. The van der Waals surface area contributed by atoms with E-state index in [0.29, 0.717) is 12.1 Å². The second kappa shape index (κ2) is 4.47. The lowest BCUT2D eigenvalue weighted by molar-refractivity contribution is 0.307. The van der Waals surface area contributed by atoms with Gasteiger partial charge in [0.25, 0.3) is 0 Å². The van der Waals surface area contributed by atoms with Gasteiger partial charge in [-0.05, 0) is 12.1 Å². The van der Waals surface area contributed by atoms with Crippen LogP contribution < -0.4 is 0 Å². The Morgan fingerprint density at radius 2 is 2.08 bits per heavy atom. The maximum Gasteiger partial charge on any atom is 0.128 e. The predicted molar refractivity (Wildman–Crippen MR) is 49.3 cm³/mol. The fourth-order valence-electron chi connectivity index (χ4n) is 0.862. The smallest absolute Gasteiger partial charge is 0.128 e. The van der Waals surface area contributed by atoms with Crippen molar-refractivity contribution in [2.75, 3.05) is 13.2 Å². The van der Waals surface area contributed by atoms with Crippen LogP contribution in [0.2, 0.25) is 0 Å². The lowest BCUT2D eigenvalue weighted by atomic mass is 10.2. The molecule has 0 saturated heterocycles. The Balaban J connectivity index is 2.77. The zero-order valence-electron chi connectivity index (χ0n) is 7.01. The molecule has 0 saturated carbocycles. The van der Waals surface area contributed by atoms with E-state index >= 15 is 0 Å². The molecule has 0 atom stereocenters. The average molecular weight is 181 g/mol. The van der Waals surface area contributed by atoms with E-state index in [1.54, 1.807) is 6.07 Å². The van der Waals surface area contributed by atoms with Gasteiger partial charge in [-0.25, -0.2) is 0 Å². The van der Waals surface area contributed by atoms with Gasteiger partial charge in [-0.3, -0.25) is 4.99 Å². The first-order valence-corrected chi connectivity index (χ1v) is 3.86. The molecule has 0 fully saturated rings. The number of phenolic OH excluding ortho intramolecular Hbond substituents is 2. The van der Waals surface area contributed by atoms with Crippen molar-refractivity contribution in [2.24, 2.45) is 4.99 Å². The van der Waals surface area contributed by atoms with Crippen LogP contribution in [0.25, 0.3) is 0 Å². The van der Waals surface area contributed by atoms with Crippen LogP contribution in [0.15, 0.2) is 23.2 Å². The number of phenols is 2. The summed E-state index contributed by atoms with van der Waals surface area (Å²) >= 11 is 0. The van der Waals surface area contributed by atoms with E-state index in [2.05, 4.69) is 4.99 Å². The van der Waals surface area contributed by atoms with Crippen LogP contribution in [0.4, 0.5) is 0 Å². The molecule has 0 aliphatic carbocycles. The molecule has 0 heterocycles. The number of hydrogen-bond acceptors (Lipinski definition) is 4. The molecule has 0 aliphatic heterocycles. The molecule has 0 aliphatic rings. The molecule has 4 heteroatoms. The minimum Gasteiger partial charge on any atom is -0.508 e. The number of benzene rings is 1. The highest BCUT2D eigenvalue weighted by Gasteiger charge is 1.97. The van der Waals surface area contributed by atoms with E-state index in [4.69, 9.17) is 10.2 Å². The summed E-state index contributed by atoms with van der Waals surface area (Å²) < 4.78 is 0. The van der Waals surface area contributed by atoms with Crippen molar-refractivity contribution in [3.63, 3.8) is 0 Å². The van der Waals surface area contributed by atoms with Crippen LogP contribution in [0.1, 0.15) is 5.56 Å². The third-order valence-corrected chi connectivity index (χ3v) is 1.47. The van der Waals surface area contributed by atoms with Crippen LogP contribution in [0.3, 0.4) is 0 Å². The van der Waals surface area contributed by atoms with E-state index < -0.39 is 0 Å². The van der Waals surface area contributed by atoms with E-state index in [-0.39, 0.29) is 18.1 Å². The molecule has 0 aromatic heterocycles. The standard InChI is InChI=1S/C9H11NO3/c11-4-3-10-6-7-1-2-8(12)5-9(7)13/h1-2,5-6,11-13H,3-4H2. The molecule has 1 aromatic carbocycles. The molecule has 0 spiro atoms. The van der Waals surface area contributed by atoms with Crippen LogP contribution in [-0.4, -0.2) is 34.7 Å². The molecule has 0 amide bonds. The van der Waals surface area contributed by atoms with Crippen LogP contribution >= 0.6 is 0 Å². The largest absolute Gasteiger partial charge is 0.508 e. The fourth-order valence-corrected chi connectivity index (χ4v) is 0.862. The van der Waals surface area contributed by atoms with Gasteiger partial charge in [0.15, 0.2) is 0 Å². The molecule has 4 nitrogen and oxygen atoms in total. The summed E-state index contributed by atoms with van der Waals surface area (Å²) in [4.78, 5) is 3.83. The molecule has 0 bridgehead atoms. The van der Waals surface area contributed by atoms with E-state index in [9.17, 15) is 5.11 Å². The summed E-state index contributed by atoms with van der Waals surface area (Å²) in [5.74, 6) is -0.0153. The summed E-state index contributed by atoms with van der Waals surface area (Å²) in [6, 6.07) is 4.24. The van der Waals surface area contributed by atoms with Crippen molar-refractivity contribution in [1.82, 2.24) is 0 Å². The summed E-state index contributed by atoms with van der Waals surface area (Å²) in [7, 11) is 0. The zero-order chi connectivity index (χ0) is 9.68. The van der Waals surface area contributed by atoms with Gasteiger partial charge < -0.3 is 15.3 Å². The minimum absolute atomic E-state index is 0.0109. The summed E-state index contributed by atoms with van der Waals surface area (Å²) in [6.45, 7) is 0.287. The van der Waals surface area contributed by atoms with Gasteiger partial charge in [0.1, 0.15) is 11.5 Å². The first-order valence-electron chi connectivity index (χ1n) is 3.86. The Morgan fingerprint density at radius 3 is 2.69 bits per heavy atom. The Labute approximate surface area is 75.8 Å². The van der Waals surface area contributed by atoms with Crippen molar-refractivity contribution >= 4 is 6.21 Å². The van der Waals surface area contributed by atoms with Crippen LogP contribution in [-0.2, 0) is 0 Å². The molecular weight excluding hydrogens is 170 g/mol. The zero-order valence-corrected chi connectivity index (χ0v) is 7.01. The van der Waals surface area contributed by atoms with Crippen molar-refractivity contribution in [2.45, 2.75) is 0 Å². The lowest BCUT2D eigenvalue weighted by Gasteiger charge is -1.98. The Kier molecular flexibility index (Phi) is 3.28. The quantitative estimate of drug-likeness (QED) is 0.595. The third kappa shape index (κ3) is 2.76. The SMILES string of the molecule is OCCN=Cc1ccc(O)cc1O. The first kappa shape index (κ1) is 9.54. The normalized spacial score (nSPS) is 10.8. The highest BCUT2D eigenvalue weighted by Crippen LogP contribution is 2.20. The number of hydrogen-bond donors (Lipinski definition) is 3. The maximum absolute atomic E-state index is 9.28. The highest BCUT2D eigenvalue weighted by atomic mass is 16.3. The highest BCUT2D eigenvalue weighted by molar-refractivity contribution is 5.83. The van der Waals surface area contributed by atoms with Crippen LogP contribution in [0, 0.1) is 0 Å². The second-order valence-electron chi connectivity index (χ2n) is 2.50. The van der Waals surface area contributed by atoms with E-state index in [0.717, 1.165) is 0 Å². The topological polar surface area (TPSA) is 73.1 Å². The monoisotopic (exact) mass is 181 g/mol. The first-order chi connectivity index (χ1) is 6.24. The third-order valence-electron chi connectivity index (χ3n) is 1.47. The molecule has 13 heavy (non-hydrogen) atoms. The van der Waals surface area contributed by atoms with Gasteiger partial charge in [0.05, 0.1) is 13.2 Å². The van der Waals surface area contributed by atoms with Crippen LogP contribution in [0.5, 0.6) is 11.5 Å². The Bertz CT molecular complexity index is 310. The molecular formula is C9H11NO3. The van der Waals surface area contributed by atoms with Gasteiger partial charge in [0, 0.05) is 17.8 Å². The van der Waals surface area contributed by atoms with E-state index in [1.807, 2.05) is 0 Å². The molecule has 1 rings (SSSR count). The second-order valence-corrected chi connectivity index (χ2v) is 2.50. The maximum atomic E-state index is 9.28. The number of nitrogens with zero attached hydrogens (tertiary/aromatic N) is 1. The molecule has 70 valence electrons. The van der Waals surface area contributed by atoms with Crippen molar-refractivity contribution in [3.8, 4) is 11.5 Å². The summed E-state index contributed by atoms with van der Waals surface area (Å²) in [5, 5.41) is 26.7. The number of aliphatic hydroxyl groups excluding tert-OH is 1. The molecule has 1 aromatic rings. The minimum atomic E-state index is -0.0262. The number of aromatic hydroxyl groups is 2. The number of aliphatic imine (C=N–C) groups is 1.